The second-order valence-corrected chi connectivity index (χ2v) is 9.22. The first-order valence-corrected chi connectivity index (χ1v) is 11.8. The van der Waals surface area contributed by atoms with E-state index in [0.29, 0.717) is 33.8 Å². The van der Waals surface area contributed by atoms with Crippen LogP contribution < -0.4 is 10.6 Å². The highest BCUT2D eigenvalue weighted by Gasteiger charge is 2.18. The van der Waals surface area contributed by atoms with Crippen molar-refractivity contribution in [1.82, 2.24) is 20.1 Å². The summed E-state index contributed by atoms with van der Waals surface area (Å²) in [7, 11) is 0. The number of aryl methyl sites for hydroxylation is 1. The third-order valence-electron chi connectivity index (χ3n) is 4.92. The fourth-order valence-electron chi connectivity index (χ4n) is 3.33. The lowest BCUT2D eigenvalue weighted by Gasteiger charge is -2.01. The van der Waals surface area contributed by atoms with E-state index >= 15 is 0 Å². The number of nitrogens with one attached hydrogen (secondary N) is 2. The number of carbonyl (C=O) groups is 2. The summed E-state index contributed by atoms with van der Waals surface area (Å²) in [5, 5.41) is 13.4. The zero-order valence-electron chi connectivity index (χ0n) is 17.8. The van der Waals surface area contributed by atoms with Gasteiger partial charge >= 0.3 is 0 Å². The van der Waals surface area contributed by atoms with Crippen LogP contribution in [0.2, 0.25) is 0 Å². The van der Waals surface area contributed by atoms with Gasteiger partial charge in [-0.2, -0.15) is 5.10 Å². The highest BCUT2D eigenvalue weighted by atomic mass is 32.1. The van der Waals surface area contributed by atoms with Crippen molar-refractivity contribution < 1.29 is 14.0 Å². The molecule has 5 aromatic rings. The van der Waals surface area contributed by atoms with E-state index in [0.717, 1.165) is 21.6 Å². The summed E-state index contributed by atoms with van der Waals surface area (Å²) in [6, 6.07) is 15.3. The van der Waals surface area contributed by atoms with Crippen LogP contribution in [0, 0.1) is 6.92 Å². The number of rotatable bonds is 6. The average molecular weight is 478 g/mol. The standard InChI is InChI=1S/C23H19N5O3S2/c1-13-17-10-20(33-22(17)28(27-13)15-6-4-3-5-7-15)21(30)26-23-25-18(12-32-23)19-9-8-16(31-19)11-24-14(2)29/h3-10,12H,11H2,1-2H3,(H,24,29)(H,25,26,30). The maximum Gasteiger partial charge on any atom is 0.267 e. The minimum Gasteiger partial charge on any atom is -0.458 e. The fourth-order valence-corrected chi connectivity index (χ4v) is 5.10. The van der Waals surface area contributed by atoms with Gasteiger partial charge in [0, 0.05) is 17.7 Å². The Kier molecular flexibility index (Phi) is 5.53. The monoisotopic (exact) mass is 477 g/mol. The molecule has 2 N–H and O–H groups in total. The molecule has 10 heteroatoms. The number of anilines is 1. The fraction of sp³-hybridized carbons (Fsp3) is 0.130. The summed E-state index contributed by atoms with van der Waals surface area (Å²) in [5.74, 6) is 0.862. The summed E-state index contributed by atoms with van der Waals surface area (Å²) in [5.41, 5.74) is 2.44. The number of fused-ring (bicyclic) bond motifs is 1. The number of thiazole rings is 1. The van der Waals surface area contributed by atoms with Gasteiger partial charge in [0.15, 0.2) is 10.9 Å². The maximum atomic E-state index is 12.9. The average Bonchev–Trinajstić information content (AvgIpc) is 3.58. The molecule has 0 fully saturated rings. The van der Waals surface area contributed by atoms with Gasteiger partial charge in [-0.05, 0) is 37.3 Å². The van der Waals surface area contributed by atoms with E-state index in [-0.39, 0.29) is 11.8 Å². The molecular weight excluding hydrogens is 458 g/mol. The zero-order chi connectivity index (χ0) is 22.9. The van der Waals surface area contributed by atoms with Crippen LogP contribution in [0.3, 0.4) is 0 Å². The predicted molar refractivity (Wildman–Crippen MR) is 129 cm³/mol. The maximum absolute atomic E-state index is 12.9. The second-order valence-electron chi connectivity index (χ2n) is 7.33. The van der Waals surface area contributed by atoms with Crippen LogP contribution in [-0.4, -0.2) is 26.6 Å². The molecule has 0 bridgehead atoms. The number of para-hydroxylation sites is 1. The van der Waals surface area contributed by atoms with Gasteiger partial charge in [0.2, 0.25) is 5.91 Å². The van der Waals surface area contributed by atoms with Crippen molar-refractivity contribution in [2.45, 2.75) is 20.4 Å². The number of amides is 2. The molecule has 1 aromatic carbocycles. The first-order valence-electron chi connectivity index (χ1n) is 10.1. The predicted octanol–water partition coefficient (Wildman–Crippen LogP) is 5.00. The number of hydrogen-bond donors (Lipinski definition) is 2. The Morgan fingerprint density at radius 1 is 1.15 bits per heavy atom. The minimum absolute atomic E-state index is 0.125. The van der Waals surface area contributed by atoms with Crippen molar-refractivity contribution >= 4 is 49.8 Å². The van der Waals surface area contributed by atoms with Crippen LogP contribution in [-0.2, 0) is 11.3 Å². The third-order valence-corrected chi connectivity index (χ3v) is 6.79. The molecule has 166 valence electrons. The van der Waals surface area contributed by atoms with E-state index in [1.807, 2.05) is 53.4 Å². The molecule has 0 saturated heterocycles. The molecule has 0 saturated carbocycles. The molecule has 0 atom stereocenters. The number of carbonyl (C=O) groups excluding carboxylic acids is 2. The van der Waals surface area contributed by atoms with Gasteiger partial charge in [-0.25, -0.2) is 9.67 Å². The van der Waals surface area contributed by atoms with Crippen molar-refractivity contribution in [2.24, 2.45) is 0 Å². The lowest BCUT2D eigenvalue weighted by Crippen LogP contribution is -2.18. The van der Waals surface area contributed by atoms with Gasteiger partial charge < -0.3 is 9.73 Å². The molecule has 0 aliphatic rings. The normalized spacial score (nSPS) is 11.1. The quantitative estimate of drug-likeness (QED) is 0.358. The van der Waals surface area contributed by atoms with Crippen molar-refractivity contribution in [3.05, 3.63) is 70.2 Å². The summed E-state index contributed by atoms with van der Waals surface area (Å²) in [6.45, 7) is 3.70. The molecule has 0 radical (unpaired) electrons. The number of furan rings is 1. The third kappa shape index (κ3) is 4.30. The first-order chi connectivity index (χ1) is 16.0. The Balaban J connectivity index is 1.33. The summed E-state index contributed by atoms with van der Waals surface area (Å²) >= 11 is 2.71. The molecule has 8 nitrogen and oxygen atoms in total. The molecule has 4 heterocycles. The van der Waals surface area contributed by atoms with Crippen LogP contribution in [0.4, 0.5) is 5.13 Å². The summed E-state index contributed by atoms with van der Waals surface area (Å²) in [4.78, 5) is 30.0. The van der Waals surface area contributed by atoms with Gasteiger partial charge in [0.1, 0.15) is 16.3 Å². The van der Waals surface area contributed by atoms with E-state index in [1.54, 1.807) is 12.1 Å². The van der Waals surface area contributed by atoms with Crippen molar-refractivity contribution in [2.75, 3.05) is 5.32 Å². The van der Waals surface area contributed by atoms with Crippen molar-refractivity contribution in [3.8, 4) is 17.1 Å². The van der Waals surface area contributed by atoms with Crippen LogP contribution in [0.1, 0.15) is 28.0 Å². The van der Waals surface area contributed by atoms with E-state index in [1.165, 1.54) is 29.6 Å². The minimum atomic E-state index is -0.220. The largest absolute Gasteiger partial charge is 0.458 e. The molecule has 0 unspecified atom stereocenters. The van der Waals surface area contributed by atoms with Crippen LogP contribution in [0.15, 0.2) is 58.3 Å². The van der Waals surface area contributed by atoms with Crippen molar-refractivity contribution in [3.63, 3.8) is 0 Å². The number of aromatic nitrogens is 3. The molecule has 0 aliphatic carbocycles. The molecule has 2 amide bonds. The van der Waals surface area contributed by atoms with Gasteiger partial charge in [-0.3, -0.25) is 14.9 Å². The first kappa shape index (κ1) is 21.1. The molecule has 0 spiro atoms. The van der Waals surface area contributed by atoms with Gasteiger partial charge in [-0.1, -0.05) is 18.2 Å². The SMILES string of the molecule is CC(=O)NCc1ccc(-c2csc(NC(=O)c3cc4c(C)nn(-c5ccccc5)c4s3)n2)o1. The smallest absolute Gasteiger partial charge is 0.267 e. The molecule has 5 rings (SSSR count). The topological polar surface area (TPSA) is 102 Å². The van der Waals surface area contributed by atoms with Crippen LogP contribution >= 0.6 is 22.7 Å². The molecule has 33 heavy (non-hydrogen) atoms. The van der Waals surface area contributed by atoms with E-state index < -0.39 is 0 Å². The molecule has 0 aliphatic heterocycles. The second kappa shape index (κ2) is 8.64. The number of hydrogen-bond acceptors (Lipinski definition) is 7. The van der Waals surface area contributed by atoms with Gasteiger partial charge in [0.05, 0.1) is 22.8 Å². The lowest BCUT2D eigenvalue weighted by atomic mass is 10.3. The zero-order valence-corrected chi connectivity index (χ0v) is 19.4. The van der Waals surface area contributed by atoms with Crippen molar-refractivity contribution in [1.29, 1.82) is 0 Å². The van der Waals surface area contributed by atoms with Crippen LogP contribution in [0.25, 0.3) is 27.4 Å². The van der Waals surface area contributed by atoms with Crippen LogP contribution in [0.5, 0.6) is 0 Å². The number of nitrogens with zero attached hydrogens (tertiary/aromatic N) is 3. The summed E-state index contributed by atoms with van der Waals surface area (Å²) < 4.78 is 7.59. The summed E-state index contributed by atoms with van der Waals surface area (Å²) in [6.07, 6.45) is 0. The molecular formula is C23H19N5O3S2. The Hall–Kier alpha value is -3.76. The Morgan fingerprint density at radius 2 is 1.97 bits per heavy atom. The molecule has 4 aromatic heterocycles. The van der Waals surface area contributed by atoms with Gasteiger partial charge in [0.25, 0.3) is 5.91 Å². The Labute approximate surface area is 196 Å². The van der Waals surface area contributed by atoms with E-state index in [2.05, 4.69) is 20.7 Å². The highest BCUT2D eigenvalue weighted by molar-refractivity contribution is 7.20. The van der Waals surface area contributed by atoms with Gasteiger partial charge in [-0.15, -0.1) is 22.7 Å². The number of thiophene rings is 1. The number of benzene rings is 1. The highest BCUT2D eigenvalue weighted by Crippen LogP contribution is 2.32. The Bertz CT molecular complexity index is 1460. The van der Waals surface area contributed by atoms with E-state index in [4.69, 9.17) is 4.42 Å². The van der Waals surface area contributed by atoms with E-state index in [9.17, 15) is 9.59 Å². The Morgan fingerprint density at radius 3 is 2.76 bits per heavy atom. The lowest BCUT2D eigenvalue weighted by molar-refractivity contribution is -0.119.